The standard InChI is InChI=1S/C24H23FN2O5S/c1-15-4-10-20(11-5-15)27-33(30,31)22-12-18(8-6-17(22)3)24(29)32-14-23(28)26-21-13-19(25)9-7-16(21)2/h4-13,27H,14H2,1-3H3,(H,26,28). The molecule has 0 aliphatic carbocycles. The lowest BCUT2D eigenvalue weighted by molar-refractivity contribution is -0.119. The minimum absolute atomic E-state index is 0.0281. The van der Waals surface area contributed by atoms with E-state index in [4.69, 9.17) is 4.74 Å². The summed E-state index contributed by atoms with van der Waals surface area (Å²) in [7, 11) is -3.97. The molecule has 33 heavy (non-hydrogen) atoms. The first kappa shape index (κ1) is 23.9. The quantitative estimate of drug-likeness (QED) is 0.500. The summed E-state index contributed by atoms with van der Waals surface area (Å²) in [5, 5.41) is 2.47. The van der Waals surface area contributed by atoms with E-state index in [2.05, 4.69) is 10.0 Å². The maximum atomic E-state index is 13.4. The number of rotatable bonds is 7. The van der Waals surface area contributed by atoms with Gasteiger partial charge in [-0.1, -0.05) is 29.8 Å². The summed E-state index contributed by atoms with van der Waals surface area (Å²) >= 11 is 0. The molecule has 0 aliphatic rings. The Morgan fingerprint density at radius 3 is 2.27 bits per heavy atom. The van der Waals surface area contributed by atoms with Crippen LogP contribution in [0.5, 0.6) is 0 Å². The van der Waals surface area contributed by atoms with E-state index < -0.39 is 34.3 Å². The van der Waals surface area contributed by atoms with Crippen molar-refractivity contribution in [1.29, 1.82) is 0 Å². The Hall–Kier alpha value is -3.72. The van der Waals surface area contributed by atoms with Crippen molar-refractivity contribution in [2.45, 2.75) is 25.7 Å². The van der Waals surface area contributed by atoms with E-state index >= 15 is 0 Å². The average Bonchev–Trinajstić information content (AvgIpc) is 2.76. The number of hydrogen-bond donors (Lipinski definition) is 2. The fraction of sp³-hybridized carbons (Fsp3) is 0.167. The maximum Gasteiger partial charge on any atom is 0.338 e. The zero-order chi connectivity index (χ0) is 24.2. The maximum absolute atomic E-state index is 13.4. The molecule has 0 saturated carbocycles. The second kappa shape index (κ2) is 9.83. The normalized spacial score (nSPS) is 11.0. The van der Waals surface area contributed by atoms with Crippen molar-refractivity contribution in [3.8, 4) is 0 Å². The average molecular weight is 471 g/mol. The number of esters is 1. The van der Waals surface area contributed by atoms with Gasteiger partial charge in [-0.2, -0.15) is 0 Å². The number of benzene rings is 3. The third-order valence-corrected chi connectivity index (χ3v) is 6.35. The topological polar surface area (TPSA) is 102 Å². The van der Waals surface area contributed by atoms with Gasteiger partial charge in [0.2, 0.25) is 0 Å². The van der Waals surface area contributed by atoms with Gasteiger partial charge < -0.3 is 10.1 Å². The molecule has 2 N–H and O–H groups in total. The van der Waals surface area contributed by atoms with Gasteiger partial charge in [0.25, 0.3) is 15.9 Å². The van der Waals surface area contributed by atoms with Crippen molar-refractivity contribution in [3.63, 3.8) is 0 Å². The van der Waals surface area contributed by atoms with E-state index in [1.54, 1.807) is 38.1 Å². The van der Waals surface area contributed by atoms with E-state index in [-0.39, 0.29) is 16.1 Å². The van der Waals surface area contributed by atoms with Gasteiger partial charge in [-0.25, -0.2) is 17.6 Å². The van der Waals surface area contributed by atoms with Crippen LogP contribution in [0, 0.1) is 26.6 Å². The lowest BCUT2D eigenvalue weighted by Crippen LogP contribution is -2.22. The molecule has 0 aliphatic heterocycles. The zero-order valence-corrected chi connectivity index (χ0v) is 19.1. The van der Waals surface area contributed by atoms with Gasteiger partial charge in [0, 0.05) is 11.4 Å². The van der Waals surface area contributed by atoms with Gasteiger partial charge in [-0.3, -0.25) is 9.52 Å². The van der Waals surface area contributed by atoms with Crippen molar-refractivity contribution >= 4 is 33.3 Å². The fourth-order valence-electron chi connectivity index (χ4n) is 2.98. The number of halogens is 1. The van der Waals surface area contributed by atoms with Gasteiger partial charge in [-0.05, 0) is 68.3 Å². The first-order chi connectivity index (χ1) is 15.5. The van der Waals surface area contributed by atoms with Crippen molar-refractivity contribution in [3.05, 3.63) is 88.7 Å². The second-order valence-corrected chi connectivity index (χ2v) is 9.19. The van der Waals surface area contributed by atoms with Crippen LogP contribution in [-0.4, -0.2) is 26.9 Å². The minimum atomic E-state index is -3.97. The molecule has 0 heterocycles. The zero-order valence-electron chi connectivity index (χ0n) is 18.3. The molecule has 3 rings (SSSR count). The molecule has 7 nitrogen and oxygen atoms in total. The van der Waals surface area contributed by atoms with Crippen LogP contribution in [0.25, 0.3) is 0 Å². The van der Waals surface area contributed by atoms with Gasteiger partial charge in [0.05, 0.1) is 10.5 Å². The third kappa shape index (κ3) is 6.17. The molecule has 9 heteroatoms. The Balaban J connectivity index is 1.70. The first-order valence-electron chi connectivity index (χ1n) is 9.98. The molecule has 0 unspecified atom stereocenters. The summed E-state index contributed by atoms with van der Waals surface area (Å²) in [4.78, 5) is 24.4. The number of amides is 1. The van der Waals surface area contributed by atoms with Gasteiger partial charge in [0.15, 0.2) is 6.61 Å². The van der Waals surface area contributed by atoms with Gasteiger partial charge in [-0.15, -0.1) is 0 Å². The van der Waals surface area contributed by atoms with E-state index in [9.17, 15) is 22.4 Å². The molecule has 172 valence electrons. The fourth-order valence-corrected chi connectivity index (χ4v) is 4.31. The SMILES string of the molecule is Cc1ccc(NS(=O)(=O)c2cc(C(=O)OCC(=O)Nc3cc(F)ccc3C)ccc2C)cc1. The summed E-state index contributed by atoms with van der Waals surface area (Å²) in [6.07, 6.45) is 0. The van der Waals surface area contributed by atoms with E-state index in [0.717, 1.165) is 11.6 Å². The van der Waals surface area contributed by atoms with Crippen LogP contribution in [0.15, 0.2) is 65.6 Å². The Labute approximate surface area is 191 Å². The van der Waals surface area contributed by atoms with Crippen molar-refractivity contribution in [1.82, 2.24) is 0 Å². The molecule has 0 spiro atoms. The van der Waals surface area contributed by atoms with Crippen LogP contribution >= 0.6 is 0 Å². The molecule has 0 bridgehead atoms. The Morgan fingerprint density at radius 1 is 0.909 bits per heavy atom. The monoisotopic (exact) mass is 470 g/mol. The highest BCUT2D eigenvalue weighted by Crippen LogP contribution is 2.22. The first-order valence-corrected chi connectivity index (χ1v) is 11.5. The number of nitrogens with one attached hydrogen (secondary N) is 2. The number of anilines is 2. The molecular weight excluding hydrogens is 447 g/mol. The summed E-state index contributed by atoms with van der Waals surface area (Å²) in [6.45, 7) is 4.57. The van der Waals surface area contributed by atoms with Gasteiger partial charge >= 0.3 is 5.97 Å². The van der Waals surface area contributed by atoms with Crippen LogP contribution in [0.3, 0.4) is 0 Å². The third-order valence-electron chi connectivity index (χ3n) is 4.83. The molecular formula is C24H23FN2O5S. The lowest BCUT2D eigenvalue weighted by Gasteiger charge is -2.12. The van der Waals surface area contributed by atoms with Crippen molar-refractivity contribution in [2.75, 3.05) is 16.6 Å². The Kier molecular flexibility index (Phi) is 7.13. The summed E-state index contributed by atoms with van der Waals surface area (Å²) in [5.74, 6) is -2.04. The molecule has 3 aromatic carbocycles. The lowest BCUT2D eigenvalue weighted by atomic mass is 10.1. The van der Waals surface area contributed by atoms with Crippen LogP contribution < -0.4 is 10.0 Å². The number of carbonyl (C=O) groups excluding carboxylic acids is 2. The Bertz CT molecular complexity index is 1300. The molecule has 3 aromatic rings. The molecule has 0 fully saturated rings. The molecule has 0 atom stereocenters. The summed E-state index contributed by atoms with van der Waals surface area (Å²) < 4.78 is 46.6. The number of sulfonamides is 1. The largest absolute Gasteiger partial charge is 0.452 e. The predicted octanol–water partition coefficient (Wildman–Crippen LogP) is 4.35. The Morgan fingerprint density at radius 2 is 1.58 bits per heavy atom. The van der Waals surface area contributed by atoms with E-state index in [0.29, 0.717) is 16.8 Å². The van der Waals surface area contributed by atoms with Crippen molar-refractivity contribution < 1.29 is 27.1 Å². The molecule has 0 aromatic heterocycles. The van der Waals surface area contributed by atoms with Crippen molar-refractivity contribution in [2.24, 2.45) is 0 Å². The number of aryl methyl sites for hydroxylation is 3. The highest BCUT2D eigenvalue weighted by atomic mass is 32.2. The van der Waals surface area contributed by atoms with Crippen LogP contribution in [-0.2, 0) is 19.6 Å². The van der Waals surface area contributed by atoms with E-state index in [1.165, 1.54) is 30.3 Å². The smallest absolute Gasteiger partial charge is 0.338 e. The minimum Gasteiger partial charge on any atom is -0.452 e. The highest BCUT2D eigenvalue weighted by Gasteiger charge is 2.20. The summed E-state index contributed by atoms with van der Waals surface area (Å²) in [5.41, 5.74) is 2.69. The molecule has 1 amide bonds. The number of carbonyl (C=O) groups is 2. The second-order valence-electron chi connectivity index (χ2n) is 7.54. The summed E-state index contributed by atoms with van der Waals surface area (Å²) in [6, 6.07) is 14.9. The van der Waals surface area contributed by atoms with Crippen LogP contribution in [0.2, 0.25) is 0 Å². The van der Waals surface area contributed by atoms with Crippen LogP contribution in [0.1, 0.15) is 27.0 Å². The number of ether oxygens (including phenoxy) is 1. The highest BCUT2D eigenvalue weighted by molar-refractivity contribution is 7.92. The van der Waals surface area contributed by atoms with Gasteiger partial charge in [0.1, 0.15) is 5.82 Å². The number of hydrogen-bond acceptors (Lipinski definition) is 5. The molecule has 0 radical (unpaired) electrons. The van der Waals surface area contributed by atoms with Crippen LogP contribution in [0.4, 0.5) is 15.8 Å². The van der Waals surface area contributed by atoms with E-state index in [1.807, 2.05) is 6.92 Å². The predicted molar refractivity (Wildman–Crippen MR) is 123 cm³/mol. The molecule has 0 saturated heterocycles.